The van der Waals surface area contributed by atoms with Crippen molar-refractivity contribution in [1.82, 2.24) is 5.43 Å². The van der Waals surface area contributed by atoms with E-state index in [0.717, 1.165) is 18.4 Å². The third kappa shape index (κ3) is 3.84. The average Bonchev–Trinajstić information content (AvgIpc) is 3.44. The Morgan fingerprint density at radius 2 is 1.87 bits per heavy atom. The van der Waals surface area contributed by atoms with Crippen molar-refractivity contribution in [2.75, 3.05) is 6.61 Å². The summed E-state index contributed by atoms with van der Waals surface area (Å²) in [5.74, 6) is -1.84. The lowest BCUT2D eigenvalue weighted by Gasteiger charge is -2.65. The first-order chi connectivity index (χ1) is 18.5. The molecule has 0 spiro atoms. The predicted molar refractivity (Wildman–Crippen MR) is 140 cm³/mol. The van der Waals surface area contributed by atoms with Crippen LogP contribution in [0.1, 0.15) is 75.1 Å². The molecule has 4 fully saturated rings. The van der Waals surface area contributed by atoms with Crippen LogP contribution in [0.5, 0.6) is 0 Å². The molecule has 4 saturated carbocycles. The van der Waals surface area contributed by atoms with E-state index in [-0.39, 0.29) is 42.3 Å². The van der Waals surface area contributed by atoms with E-state index < -0.39 is 39.9 Å². The number of ether oxygens (including phenoxy) is 1. The van der Waals surface area contributed by atoms with Crippen molar-refractivity contribution in [3.05, 3.63) is 47.3 Å². The lowest BCUT2D eigenvalue weighted by Crippen LogP contribution is -2.68. The standard InChI is InChI=1S/C30H37FN2O6/c1-27-10-7-22-23(30(27,38)13-9-21(27)18-14-25(35)39-16-18)8-12-29(37)15-19(34)6-11-28(22,29)17-32-33-26(36)20-4-2-3-5-24(20)31/h2-5,14,17,19,21-23,34,37-38H,6-13,15-16H2,1H3,(H,33,36)/b32-17+/t19-,21?,22+,23-,27?,28?,29?,30?/m1/s1. The molecule has 4 aliphatic carbocycles. The van der Waals surface area contributed by atoms with Gasteiger partial charge in [0.2, 0.25) is 0 Å². The molecule has 0 radical (unpaired) electrons. The Morgan fingerprint density at radius 3 is 2.62 bits per heavy atom. The molecule has 4 N–H and O–H groups in total. The van der Waals surface area contributed by atoms with Gasteiger partial charge in [-0.3, -0.25) is 4.79 Å². The van der Waals surface area contributed by atoms with E-state index in [1.165, 1.54) is 18.2 Å². The van der Waals surface area contributed by atoms with E-state index in [9.17, 15) is 29.3 Å². The summed E-state index contributed by atoms with van der Waals surface area (Å²) in [6.07, 6.45) is 7.52. The Labute approximate surface area is 227 Å². The van der Waals surface area contributed by atoms with Crippen LogP contribution in [-0.4, -0.2) is 57.3 Å². The number of hydrogen-bond donors (Lipinski definition) is 4. The van der Waals surface area contributed by atoms with E-state index >= 15 is 0 Å². The topological polar surface area (TPSA) is 128 Å². The number of nitrogens with one attached hydrogen (secondary N) is 1. The van der Waals surface area contributed by atoms with Crippen molar-refractivity contribution in [1.29, 1.82) is 0 Å². The fraction of sp³-hybridized carbons (Fsp3) is 0.633. The zero-order valence-electron chi connectivity index (χ0n) is 22.2. The number of cyclic esters (lactones) is 1. The van der Waals surface area contributed by atoms with Gasteiger partial charge in [-0.1, -0.05) is 19.1 Å². The van der Waals surface area contributed by atoms with E-state index in [1.54, 1.807) is 18.4 Å². The SMILES string of the molecule is CC12CC[C@H]3[C@@H](CCC4(O)C[C@H](O)CCC34/C=N/NC(=O)c3ccccc3F)C1(O)CCC2C1=CC(=O)OC1. The molecule has 39 heavy (non-hydrogen) atoms. The Bertz CT molecular complexity index is 1250. The third-order valence-electron chi connectivity index (χ3n) is 11.2. The van der Waals surface area contributed by atoms with Gasteiger partial charge in [0, 0.05) is 29.5 Å². The molecule has 1 heterocycles. The average molecular weight is 541 g/mol. The van der Waals surface area contributed by atoms with Gasteiger partial charge in [0.05, 0.1) is 22.9 Å². The molecule has 9 heteroatoms. The first-order valence-corrected chi connectivity index (χ1v) is 14.1. The summed E-state index contributed by atoms with van der Waals surface area (Å²) in [7, 11) is 0. The van der Waals surface area contributed by atoms with Crippen molar-refractivity contribution in [3.8, 4) is 0 Å². The second-order valence-electron chi connectivity index (χ2n) is 12.7. The Balaban J connectivity index is 1.33. The minimum atomic E-state index is -1.24. The summed E-state index contributed by atoms with van der Waals surface area (Å²) >= 11 is 0. The summed E-state index contributed by atoms with van der Waals surface area (Å²) in [4.78, 5) is 24.5. The molecule has 0 aromatic heterocycles. The summed E-state index contributed by atoms with van der Waals surface area (Å²) in [5, 5.41) is 39.3. The number of fused-ring (bicyclic) bond motifs is 5. The van der Waals surface area contributed by atoms with Crippen LogP contribution >= 0.6 is 0 Å². The molecule has 1 aromatic carbocycles. The second-order valence-corrected chi connectivity index (χ2v) is 12.7. The lowest BCUT2D eigenvalue weighted by molar-refractivity contribution is -0.237. The van der Waals surface area contributed by atoms with E-state index in [4.69, 9.17) is 4.74 Å². The third-order valence-corrected chi connectivity index (χ3v) is 11.2. The fourth-order valence-corrected chi connectivity index (χ4v) is 9.27. The van der Waals surface area contributed by atoms with E-state index in [2.05, 4.69) is 17.5 Å². The quantitative estimate of drug-likeness (QED) is 0.264. The highest BCUT2D eigenvalue weighted by atomic mass is 19.1. The number of aliphatic hydroxyl groups is 3. The van der Waals surface area contributed by atoms with Crippen LogP contribution in [0, 0.1) is 34.4 Å². The maximum absolute atomic E-state index is 14.1. The first-order valence-electron chi connectivity index (χ1n) is 14.1. The summed E-state index contributed by atoms with van der Waals surface area (Å²) in [6, 6.07) is 5.68. The maximum Gasteiger partial charge on any atom is 0.331 e. The van der Waals surface area contributed by atoms with Crippen molar-refractivity contribution >= 4 is 18.1 Å². The number of nitrogens with zero attached hydrogens (tertiary/aromatic N) is 1. The molecule has 5 unspecified atom stereocenters. The highest BCUT2D eigenvalue weighted by Crippen LogP contribution is 2.70. The second kappa shape index (κ2) is 9.21. The fourth-order valence-electron chi connectivity index (χ4n) is 9.27. The molecule has 6 rings (SSSR count). The van der Waals surface area contributed by atoms with Crippen molar-refractivity contribution in [3.63, 3.8) is 0 Å². The number of carbonyl (C=O) groups is 2. The molecule has 5 aliphatic rings. The largest absolute Gasteiger partial charge is 0.458 e. The number of hydrogen-bond acceptors (Lipinski definition) is 7. The van der Waals surface area contributed by atoms with Gasteiger partial charge < -0.3 is 20.1 Å². The van der Waals surface area contributed by atoms with E-state index in [1.807, 2.05) is 0 Å². The number of benzene rings is 1. The summed E-state index contributed by atoms with van der Waals surface area (Å²) in [6.45, 7) is 2.41. The Kier molecular flexibility index (Phi) is 6.28. The van der Waals surface area contributed by atoms with Crippen LogP contribution in [-0.2, 0) is 9.53 Å². The molecular weight excluding hydrogens is 503 g/mol. The van der Waals surface area contributed by atoms with Gasteiger partial charge in [-0.25, -0.2) is 14.6 Å². The maximum atomic E-state index is 14.1. The minimum Gasteiger partial charge on any atom is -0.458 e. The molecule has 8 atom stereocenters. The van der Waals surface area contributed by atoms with Crippen LogP contribution in [0.25, 0.3) is 0 Å². The smallest absolute Gasteiger partial charge is 0.331 e. The predicted octanol–water partition coefficient (Wildman–Crippen LogP) is 3.25. The molecule has 0 saturated heterocycles. The number of rotatable bonds is 4. The lowest BCUT2D eigenvalue weighted by atomic mass is 9.41. The Hall–Kier alpha value is -2.62. The van der Waals surface area contributed by atoms with Crippen molar-refractivity contribution in [2.24, 2.45) is 33.7 Å². The zero-order chi connectivity index (χ0) is 27.6. The molecule has 0 bridgehead atoms. The van der Waals surface area contributed by atoms with Gasteiger partial charge in [0.1, 0.15) is 12.4 Å². The monoisotopic (exact) mass is 540 g/mol. The molecule has 8 nitrogen and oxygen atoms in total. The highest BCUT2D eigenvalue weighted by molar-refractivity contribution is 5.94. The van der Waals surface area contributed by atoms with Gasteiger partial charge in [-0.2, -0.15) is 5.10 Å². The molecular formula is C30H37FN2O6. The van der Waals surface area contributed by atoms with Gasteiger partial charge in [-0.15, -0.1) is 0 Å². The van der Waals surface area contributed by atoms with Crippen molar-refractivity contribution < 1.29 is 34.0 Å². The minimum absolute atomic E-state index is 0.0496. The number of esters is 1. The van der Waals surface area contributed by atoms with Gasteiger partial charge in [0.25, 0.3) is 5.91 Å². The van der Waals surface area contributed by atoms with E-state index in [0.29, 0.717) is 38.5 Å². The molecule has 1 amide bonds. The summed E-state index contributed by atoms with van der Waals surface area (Å²) in [5.41, 5.74) is -0.250. The molecule has 1 aromatic rings. The number of aliphatic hydroxyl groups excluding tert-OH is 1. The van der Waals surface area contributed by atoms with Crippen LogP contribution < -0.4 is 5.43 Å². The van der Waals surface area contributed by atoms with Crippen LogP contribution in [0.3, 0.4) is 0 Å². The highest BCUT2D eigenvalue weighted by Gasteiger charge is 2.71. The summed E-state index contributed by atoms with van der Waals surface area (Å²) < 4.78 is 19.4. The Morgan fingerprint density at radius 1 is 1.10 bits per heavy atom. The van der Waals surface area contributed by atoms with Gasteiger partial charge in [0.15, 0.2) is 0 Å². The van der Waals surface area contributed by atoms with Crippen LogP contribution in [0.15, 0.2) is 41.0 Å². The first kappa shape index (κ1) is 26.6. The normalized spacial score (nSPS) is 43.3. The number of carbonyl (C=O) groups excluding carboxylic acids is 2. The van der Waals surface area contributed by atoms with Crippen LogP contribution in [0.2, 0.25) is 0 Å². The van der Waals surface area contributed by atoms with Crippen LogP contribution in [0.4, 0.5) is 4.39 Å². The number of amides is 1. The number of hydrazone groups is 1. The number of halogens is 1. The van der Waals surface area contributed by atoms with Crippen molar-refractivity contribution in [2.45, 2.75) is 82.0 Å². The van der Waals surface area contributed by atoms with Gasteiger partial charge in [-0.05, 0) is 86.8 Å². The zero-order valence-corrected chi connectivity index (χ0v) is 22.2. The van der Waals surface area contributed by atoms with Gasteiger partial charge >= 0.3 is 5.97 Å². The molecule has 1 aliphatic heterocycles. The molecule has 210 valence electrons.